The molecule has 0 bridgehead atoms. The minimum absolute atomic E-state index is 0.179. The number of anilines is 1. The molecule has 3 rings (SSSR count). The van der Waals surface area contributed by atoms with Crippen LogP contribution in [-0.4, -0.2) is 4.98 Å². The molecular formula is C20H16FN3. The molecule has 0 spiro atoms. The van der Waals surface area contributed by atoms with Crippen LogP contribution in [0.1, 0.15) is 16.7 Å². The van der Waals surface area contributed by atoms with Crippen molar-refractivity contribution in [2.45, 2.75) is 13.8 Å². The summed E-state index contributed by atoms with van der Waals surface area (Å²) in [6.07, 6.45) is 0. The highest BCUT2D eigenvalue weighted by atomic mass is 19.1. The van der Waals surface area contributed by atoms with Crippen LogP contribution in [0.25, 0.3) is 22.4 Å². The Morgan fingerprint density at radius 3 is 2.12 bits per heavy atom. The fourth-order valence-corrected chi connectivity index (χ4v) is 2.78. The molecule has 0 saturated carbocycles. The van der Waals surface area contributed by atoms with Crippen molar-refractivity contribution in [2.24, 2.45) is 0 Å². The molecule has 1 heterocycles. The normalized spacial score (nSPS) is 10.4. The molecule has 24 heavy (non-hydrogen) atoms. The summed E-state index contributed by atoms with van der Waals surface area (Å²) in [5.41, 5.74) is 11.4. The molecule has 4 heteroatoms. The topological polar surface area (TPSA) is 62.7 Å². The summed E-state index contributed by atoms with van der Waals surface area (Å²) in [5.74, 6) is -0.145. The third kappa shape index (κ3) is 2.72. The molecule has 0 atom stereocenters. The lowest BCUT2D eigenvalue weighted by molar-refractivity contribution is 0.628. The molecule has 0 radical (unpaired) electrons. The maximum atomic E-state index is 13.2. The maximum absolute atomic E-state index is 13.2. The van der Waals surface area contributed by atoms with Crippen LogP contribution in [0.15, 0.2) is 48.5 Å². The number of nitrogens with two attached hydrogens (primary N) is 1. The van der Waals surface area contributed by atoms with E-state index in [1.165, 1.54) is 12.1 Å². The number of aromatic nitrogens is 1. The lowest BCUT2D eigenvalue weighted by Gasteiger charge is -2.15. The van der Waals surface area contributed by atoms with Gasteiger partial charge in [0.1, 0.15) is 23.3 Å². The fraction of sp³-hybridized carbons (Fsp3) is 0.100. The standard InChI is InChI=1S/C20H16FN3/c1-12-3-5-15(6-4-12)19-13(2)18(17(11-22)20(23)24-19)14-7-9-16(21)10-8-14/h3-10H,1-2H3,(H2,23,24). The zero-order valence-corrected chi connectivity index (χ0v) is 13.5. The predicted molar refractivity (Wildman–Crippen MR) is 93.7 cm³/mol. The molecule has 0 aliphatic heterocycles. The Morgan fingerprint density at radius 1 is 0.958 bits per heavy atom. The van der Waals surface area contributed by atoms with E-state index in [1.807, 2.05) is 38.1 Å². The molecule has 2 aromatic carbocycles. The summed E-state index contributed by atoms with van der Waals surface area (Å²) < 4.78 is 13.2. The summed E-state index contributed by atoms with van der Waals surface area (Å²) in [5, 5.41) is 9.49. The van der Waals surface area contributed by atoms with Gasteiger partial charge in [-0.05, 0) is 37.1 Å². The van der Waals surface area contributed by atoms with Gasteiger partial charge >= 0.3 is 0 Å². The summed E-state index contributed by atoms with van der Waals surface area (Å²) in [6, 6.07) is 16.1. The van der Waals surface area contributed by atoms with Gasteiger partial charge in [0.05, 0.1) is 5.69 Å². The Balaban J connectivity index is 2.29. The molecule has 0 amide bonds. The first kappa shape index (κ1) is 15.7. The number of nitrogen functional groups attached to an aromatic ring is 1. The van der Waals surface area contributed by atoms with Gasteiger partial charge in [-0.15, -0.1) is 0 Å². The van der Waals surface area contributed by atoms with Crippen molar-refractivity contribution in [2.75, 3.05) is 5.73 Å². The third-order valence-corrected chi connectivity index (χ3v) is 4.04. The van der Waals surface area contributed by atoms with Crippen molar-refractivity contribution in [3.63, 3.8) is 0 Å². The Hall–Kier alpha value is -3.19. The second-order valence-electron chi connectivity index (χ2n) is 5.71. The van der Waals surface area contributed by atoms with Crippen molar-refractivity contribution < 1.29 is 4.39 Å². The van der Waals surface area contributed by atoms with Gasteiger partial charge in [0, 0.05) is 11.1 Å². The van der Waals surface area contributed by atoms with Crippen LogP contribution in [0, 0.1) is 31.0 Å². The van der Waals surface area contributed by atoms with E-state index < -0.39 is 0 Å². The molecule has 0 aliphatic rings. The Kier molecular flexibility index (Phi) is 4.01. The van der Waals surface area contributed by atoms with Gasteiger partial charge in [-0.25, -0.2) is 9.37 Å². The van der Waals surface area contributed by atoms with E-state index in [0.717, 1.165) is 27.9 Å². The zero-order chi connectivity index (χ0) is 17.3. The minimum Gasteiger partial charge on any atom is -0.383 e. The van der Waals surface area contributed by atoms with Crippen molar-refractivity contribution >= 4 is 5.82 Å². The summed E-state index contributed by atoms with van der Waals surface area (Å²) in [4.78, 5) is 4.43. The molecule has 0 fully saturated rings. The van der Waals surface area contributed by atoms with Crippen LogP contribution in [0.2, 0.25) is 0 Å². The number of benzene rings is 2. The van der Waals surface area contributed by atoms with Crippen molar-refractivity contribution in [1.82, 2.24) is 4.98 Å². The molecule has 3 aromatic rings. The lowest BCUT2D eigenvalue weighted by Crippen LogP contribution is -2.03. The van der Waals surface area contributed by atoms with E-state index in [0.29, 0.717) is 11.1 Å². The van der Waals surface area contributed by atoms with Crippen LogP contribution in [0.5, 0.6) is 0 Å². The van der Waals surface area contributed by atoms with Crippen molar-refractivity contribution in [3.8, 4) is 28.5 Å². The third-order valence-electron chi connectivity index (χ3n) is 4.04. The minimum atomic E-state index is -0.323. The van der Waals surface area contributed by atoms with E-state index >= 15 is 0 Å². The number of aryl methyl sites for hydroxylation is 1. The second-order valence-corrected chi connectivity index (χ2v) is 5.71. The maximum Gasteiger partial charge on any atom is 0.142 e. The molecule has 118 valence electrons. The van der Waals surface area contributed by atoms with Gasteiger partial charge in [-0.1, -0.05) is 42.0 Å². The number of hydrogen-bond donors (Lipinski definition) is 1. The molecule has 1 aromatic heterocycles. The van der Waals surface area contributed by atoms with Crippen molar-refractivity contribution in [1.29, 1.82) is 5.26 Å². The number of halogens is 1. The molecule has 0 saturated heterocycles. The largest absolute Gasteiger partial charge is 0.383 e. The second kappa shape index (κ2) is 6.13. The van der Waals surface area contributed by atoms with Gasteiger partial charge in [-0.2, -0.15) is 5.26 Å². The van der Waals surface area contributed by atoms with Crippen LogP contribution in [-0.2, 0) is 0 Å². The molecule has 0 aliphatic carbocycles. The van der Waals surface area contributed by atoms with E-state index in [4.69, 9.17) is 5.73 Å². The fourth-order valence-electron chi connectivity index (χ4n) is 2.78. The SMILES string of the molecule is Cc1ccc(-c2nc(N)c(C#N)c(-c3ccc(F)cc3)c2C)cc1. The van der Waals surface area contributed by atoms with E-state index in [2.05, 4.69) is 11.1 Å². The number of nitriles is 1. The Bertz CT molecular complexity index is 937. The molecular weight excluding hydrogens is 301 g/mol. The lowest BCUT2D eigenvalue weighted by atomic mass is 9.92. The molecule has 3 nitrogen and oxygen atoms in total. The summed E-state index contributed by atoms with van der Waals surface area (Å²) in [7, 11) is 0. The Morgan fingerprint density at radius 2 is 1.54 bits per heavy atom. The van der Waals surface area contributed by atoms with Crippen molar-refractivity contribution in [3.05, 3.63) is 71.0 Å². The van der Waals surface area contributed by atoms with E-state index in [9.17, 15) is 9.65 Å². The van der Waals surface area contributed by atoms with Gasteiger partial charge in [-0.3, -0.25) is 0 Å². The molecule has 0 unspecified atom stereocenters. The highest BCUT2D eigenvalue weighted by Gasteiger charge is 2.18. The van der Waals surface area contributed by atoms with Crippen LogP contribution < -0.4 is 5.73 Å². The molecule has 2 N–H and O–H groups in total. The highest BCUT2D eigenvalue weighted by Crippen LogP contribution is 2.35. The van der Waals surface area contributed by atoms with E-state index in [-0.39, 0.29) is 11.6 Å². The number of pyridine rings is 1. The first-order valence-corrected chi connectivity index (χ1v) is 7.54. The average molecular weight is 317 g/mol. The number of rotatable bonds is 2. The summed E-state index contributed by atoms with van der Waals surface area (Å²) in [6.45, 7) is 3.92. The highest BCUT2D eigenvalue weighted by molar-refractivity contribution is 5.84. The van der Waals surface area contributed by atoms with Gasteiger partial charge < -0.3 is 5.73 Å². The van der Waals surface area contributed by atoms with Crippen LogP contribution in [0.4, 0.5) is 10.2 Å². The number of nitrogens with zero attached hydrogens (tertiary/aromatic N) is 2. The average Bonchev–Trinajstić information content (AvgIpc) is 2.58. The van der Waals surface area contributed by atoms with Crippen LogP contribution in [0.3, 0.4) is 0 Å². The van der Waals surface area contributed by atoms with Crippen LogP contribution >= 0.6 is 0 Å². The first-order valence-electron chi connectivity index (χ1n) is 7.54. The quantitative estimate of drug-likeness (QED) is 0.750. The van der Waals surface area contributed by atoms with Gasteiger partial charge in [0.25, 0.3) is 0 Å². The van der Waals surface area contributed by atoms with E-state index in [1.54, 1.807) is 12.1 Å². The summed E-state index contributed by atoms with van der Waals surface area (Å²) >= 11 is 0. The number of hydrogen-bond acceptors (Lipinski definition) is 3. The monoisotopic (exact) mass is 317 g/mol. The smallest absolute Gasteiger partial charge is 0.142 e. The van der Waals surface area contributed by atoms with Gasteiger partial charge in [0.15, 0.2) is 0 Å². The van der Waals surface area contributed by atoms with Gasteiger partial charge in [0.2, 0.25) is 0 Å². The Labute approximate surface area is 140 Å². The predicted octanol–water partition coefficient (Wildman–Crippen LogP) is 4.63. The first-order chi connectivity index (χ1) is 11.5. The zero-order valence-electron chi connectivity index (χ0n) is 13.5.